The van der Waals surface area contributed by atoms with Crippen molar-refractivity contribution in [2.45, 2.75) is 63.0 Å². The Morgan fingerprint density at radius 2 is 1.04 bits per heavy atom. The van der Waals surface area contributed by atoms with Crippen molar-refractivity contribution in [3.05, 3.63) is 0 Å². The normalized spacial score (nSPS) is 15.5. The molecule has 4 nitrogen and oxygen atoms in total. The first-order valence-corrected chi connectivity index (χ1v) is 7.18. The Bertz CT molecular complexity index is 466. The zero-order chi connectivity index (χ0) is 21.2. The molecule has 0 rings (SSSR count). The van der Waals surface area contributed by atoms with Crippen LogP contribution in [0.5, 0.6) is 0 Å². The molecule has 158 valence electrons. The summed E-state index contributed by atoms with van der Waals surface area (Å²) in [6, 6.07) is 0. The maximum atomic E-state index is 14.2. The number of methoxy groups -OCH3 is 2. The van der Waals surface area contributed by atoms with E-state index in [0.29, 0.717) is 13.8 Å². The first kappa shape index (κ1) is 25.3. The molecule has 0 aliphatic rings. The summed E-state index contributed by atoms with van der Waals surface area (Å²) in [4.78, 5) is 0. The Hall–Kier alpha value is -0.720. The van der Waals surface area contributed by atoms with Gasteiger partial charge in [0.2, 0.25) is 0 Å². The van der Waals surface area contributed by atoms with Gasteiger partial charge in [0.1, 0.15) is 24.4 Å². The zero-order valence-electron chi connectivity index (χ0n) is 15.1. The first-order chi connectivity index (χ1) is 11.3. The number of ether oxygens (including phenoxy) is 4. The molecule has 0 aromatic heterocycles. The fourth-order valence-corrected chi connectivity index (χ4v) is 1.80. The van der Waals surface area contributed by atoms with E-state index in [1.54, 1.807) is 0 Å². The summed E-state index contributed by atoms with van der Waals surface area (Å²) in [5.41, 5.74) is -6.63. The predicted molar refractivity (Wildman–Crippen MR) is 73.9 cm³/mol. The van der Waals surface area contributed by atoms with E-state index in [4.69, 9.17) is 0 Å². The molecule has 0 fully saturated rings. The van der Waals surface area contributed by atoms with E-state index in [1.165, 1.54) is 0 Å². The van der Waals surface area contributed by atoms with Gasteiger partial charge >= 0.3 is 18.1 Å². The molecule has 0 N–H and O–H groups in total. The fourth-order valence-electron chi connectivity index (χ4n) is 1.80. The molecule has 26 heavy (non-hydrogen) atoms. The number of halogens is 8. The zero-order valence-corrected chi connectivity index (χ0v) is 15.1. The van der Waals surface area contributed by atoms with Crippen LogP contribution >= 0.6 is 0 Å². The van der Waals surface area contributed by atoms with Gasteiger partial charge in [-0.05, 0) is 27.7 Å². The number of rotatable bonds is 11. The van der Waals surface area contributed by atoms with E-state index in [0.717, 1.165) is 14.2 Å². The monoisotopic (exact) mass is 406 g/mol. The molecule has 0 saturated carbocycles. The van der Waals surface area contributed by atoms with E-state index < -0.39 is 48.5 Å². The SMILES string of the molecule is COCC(F)(F)OC(C)(C)C(F)(F)C(F)(F)OC(C)(C)C(F)(F)COC. The lowest BCUT2D eigenvalue weighted by Crippen LogP contribution is -2.63. The summed E-state index contributed by atoms with van der Waals surface area (Å²) < 4.78 is 126. The molecule has 12 heteroatoms. The van der Waals surface area contributed by atoms with Crippen molar-refractivity contribution in [2.24, 2.45) is 0 Å². The maximum absolute atomic E-state index is 14.2. The Balaban J connectivity index is 5.66. The van der Waals surface area contributed by atoms with Gasteiger partial charge in [0, 0.05) is 14.2 Å². The molecule has 0 aromatic carbocycles. The van der Waals surface area contributed by atoms with Crippen LogP contribution in [0, 0.1) is 0 Å². The molecule has 0 aromatic rings. The predicted octanol–water partition coefficient (Wildman–Crippen LogP) is 4.33. The molecular formula is C14H22F8O4. The van der Waals surface area contributed by atoms with Gasteiger partial charge in [0.25, 0.3) is 5.92 Å². The molecule has 0 saturated heterocycles. The first-order valence-electron chi connectivity index (χ1n) is 7.18. The summed E-state index contributed by atoms with van der Waals surface area (Å²) in [6.07, 6.45) is -9.92. The van der Waals surface area contributed by atoms with Crippen LogP contribution in [0.2, 0.25) is 0 Å². The molecule has 0 heterocycles. The molecule has 0 spiro atoms. The lowest BCUT2D eigenvalue weighted by atomic mass is 9.96. The highest BCUT2D eigenvalue weighted by atomic mass is 19.3. The van der Waals surface area contributed by atoms with Gasteiger partial charge in [0.05, 0.1) is 0 Å². The molecule has 0 radical (unpaired) electrons. The van der Waals surface area contributed by atoms with Gasteiger partial charge in [-0.1, -0.05) is 0 Å². The average Bonchev–Trinajstić information content (AvgIpc) is 2.34. The van der Waals surface area contributed by atoms with Gasteiger partial charge in [-0.25, -0.2) is 8.78 Å². The highest BCUT2D eigenvalue weighted by Crippen LogP contribution is 2.49. The third-order valence-electron chi connectivity index (χ3n) is 3.43. The van der Waals surface area contributed by atoms with E-state index in [9.17, 15) is 35.1 Å². The fraction of sp³-hybridized carbons (Fsp3) is 1.00. The number of hydrogen-bond donors (Lipinski definition) is 0. The van der Waals surface area contributed by atoms with Crippen molar-refractivity contribution in [3.63, 3.8) is 0 Å². The van der Waals surface area contributed by atoms with E-state index in [-0.39, 0.29) is 13.8 Å². The van der Waals surface area contributed by atoms with Crippen LogP contribution in [0.15, 0.2) is 0 Å². The van der Waals surface area contributed by atoms with Crippen LogP contribution in [-0.2, 0) is 18.9 Å². The van der Waals surface area contributed by atoms with Crippen molar-refractivity contribution < 1.29 is 54.1 Å². The quantitative estimate of drug-likeness (QED) is 0.479. The van der Waals surface area contributed by atoms with Crippen molar-refractivity contribution in [3.8, 4) is 0 Å². The second-order valence-corrected chi connectivity index (χ2v) is 6.52. The van der Waals surface area contributed by atoms with Crippen LogP contribution < -0.4 is 0 Å². The Morgan fingerprint density at radius 1 is 0.615 bits per heavy atom. The van der Waals surface area contributed by atoms with E-state index >= 15 is 0 Å². The Kier molecular flexibility index (Phi) is 7.51. The molecule has 0 amide bonds. The number of hydrogen-bond acceptors (Lipinski definition) is 4. The van der Waals surface area contributed by atoms with Crippen molar-refractivity contribution >= 4 is 0 Å². The summed E-state index contributed by atoms with van der Waals surface area (Å²) >= 11 is 0. The molecule has 0 aliphatic heterocycles. The standard InChI is InChI=1S/C14H22F8O4/c1-9(2,11(15,16)7-23-5)26-14(21,22)13(19,20)10(3,4)25-12(17,18)8-24-6/h7-8H2,1-6H3. The second kappa shape index (κ2) is 7.72. The third kappa shape index (κ3) is 5.40. The van der Waals surface area contributed by atoms with E-state index in [1.807, 2.05) is 0 Å². The summed E-state index contributed by atoms with van der Waals surface area (Å²) in [6.45, 7) is -1.53. The van der Waals surface area contributed by atoms with Crippen molar-refractivity contribution in [1.82, 2.24) is 0 Å². The largest absolute Gasteiger partial charge is 0.423 e. The third-order valence-corrected chi connectivity index (χ3v) is 3.43. The minimum absolute atomic E-state index is 0.244. The average molecular weight is 406 g/mol. The van der Waals surface area contributed by atoms with Crippen LogP contribution in [0.3, 0.4) is 0 Å². The molecule has 0 atom stereocenters. The maximum Gasteiger partial charge on any atom is 0.423 e. The van der Waals surface area contributed by atoms with Crippen molar-refractivity contribution in [2.75, 3.05) is 27.4 Å². The minimum atomic E-state index is -5.58. The smallest absolute Gasteiger partial charge is 0.378 e. The van der Waals surface area contributed by atoms with Crippen LogP contribution in [-0.4, -0.2) is 62.7 Å². The van der Waals surface area contributed by atoms with Crippen molar-refractivity contribution in [1.29, 1.82) is 0 Å². The molecular weight excluding hydrogens is 384 g/mol. The molecule has 0 aliphatic carbocycles. The van der Waals surface area contributed by atoms with Crippen LogP contribution in [0.25, 0.3) is 0 Å². The minimum Gasteiger partial charge on any atom is -0.378 e. The lowest BCUT2D eigenvalue weighted by Gasteiger charge is -2.43. The second-order valence-electron chi connectivity index (χ2n) is 6.52. The Labute approximate surface area is 145 Å². The van der Waals surface area contributed by atoms with Gasteiger partial charge < -0.3 is 18.9 Å². The topological polar surface area (TPSA) is 36.9 Å². The van der Waals surface area contributed by atoms with Crippen LogP contribution in [0.4, 0.5) is 35.1 Å². The summed E-state index contributed by atoms with van der Waals surface area (Å²) in [5, 5.41) is 0. The summed E-state index contributed by atoms with van der Waals surface area (Å²) in [7, 11) is 1.64. The van der Waals surface area contributed by atoms with Gasteiger partial charge in [-0.15, -0.1) is 0 Å². The van der Waals surface area contributed by atoms with Gasteiger partial charge in [-0.2, -0.15) is 26.3 Å². The lowest BCUT2D eigenvalue weighted by molar-refractivity contribution is -0.446. The Morgan fingerprint density at radius 3 is 1.42 bits per heavy atom. The number of alkyl halides is 8. The van der Waals surface area contributed by atoms with E-state index in [2.05, 4.69) is 18.9 Å². The van der Waals surface area contributed by atoms with Crippen LogP contribution in [0.1, 0.15) is 27.7 Å². The van der Waals surface area contributed by atoms with Gasteiger partial charge in [-0.3, -0.25) is 0 Å². The molecule has 0 bridgehead atoms. The van der Waals surface area contributed by atoms with Gasteiger partial charge in [0.15, 0.2) is 0 Å². The summed E-state index contributed by atoms with van der Waals surface area (Å²) in [5.74, 6) is -9.51. The molecule has 0 unspecified atom stereocenters. The highest BCUT2D eigenvalue weighted by molar-refractivity contribution is 4.98. The highest BCUT2D eigenvalue weighted by Gasteiger charge is 2.71.